The topological polar surface area (TPSA) is 49.9 Å². The number of benzene rings is 2. The van der Waals surface area contributed by atoms with E-state index in [0.29, 0.717) is 19.7 Å². The maximum atomic E-state index is 13.3. The van der Waals surface area contributed by atoms with Gasteiger partial charge in [-0.3, -0.25) is 9.59 Å². The summed E-state index contributed by atoms with van der Waals surface area (Å²) in [7, 11) is 0. The second kappa shape index (κ2) is 10.5. The van der Waals surface area contributed by atoms with Gasteiger partial charge in [0.15, 0.2) is 0 Å². The molecule has 4 rings (SSSR count). The molecule has 5 heteroatoms. The lowest BCUT2D eigenvalue weighted by molar-refractivity contribution is -0.140. The fraction of sp³-hybridized carbons (Fsp3) is 0.407. The number of nitrogens with zero attached hydrogens (tertiary/aromatic N) is 2. The van der Waals surface area contributed by atoms with Crippen molar-refractivity contribution in [3.63, 3.8) is 0 Å². The van der Waals surface area contributed by atoms with Crippen LogP contribution in [0.5, 0.6) is 5.75 Å². The first-order chi connectivity index (χ1) is 15.7. The molecule has 2 heterocycles. The van der Waals surface area contributed by atoms with Crippen LogP contribution in [-0.2, 0) is 9.59 Å². The van der Waals surface area contributed by atoms with Crippen LogP contribution in [0.15, 0.2) is 60.7 Å². The first kappa shape index (κ1) is 22.1. The lowest BCUT2D eigenvalue weighted by Gasteiger charge is -2.34. The predicted molar refractivity (Wildman–Crippen MR) is 126 cm³/mol. The van der Waals surface area contributed by atoms with Crippen molar-refractivity contribution in [2.24, 2.45) is 5.92 Å². The number of likely N-dealkylation sites (tertiary alicyclic amines) is 2. The molecule has 0 bridgehead atoms. The van der Waals surface area contributed by atoms with E-state index in [9.17, 15) is 9.59 Å². The average molecular weight is 433 g/mol. The number of carbonyl (C=O) groups excluding carboxylic acids is 2. The zero-order valence-electron chi connectivity index (χ0n) is 18.8. The van der Waals surface area contributed by atoms with E-state index in [1.807, 2.05) is 60.4 Å². The van der Waals surface area contributed by atoms with Gasteiger partial charge in [0.1, 0.15) is 5.75 Å². The largest absolute Gasteiger partial charge is 0.494 e. The summed E-state index contributed by atoms with van der Waals surface area (Å²) >= 11 is 0. The third kappa shape index (κ3) is 5.21. The SMILES string of the molecule is CCOc1ccc(C2CCCN2C(=O)C2CCN(C(=O)C=Cc3ccccc3)CC2)cc1. The highest BCUT2D eigenvalue weighted by molar-refractivity contribution is 5.92. The van der Waals surface area contributed by atoms with Crippen molar-refractivity contribution in [3.8, 4) is 5.75 Å². The second-order valence-electron chi connectivity index (χ2n) is 8.54. The smallest absolute Gasteiger partial charge is 0.246 e. The second-order valence-corrected chi connectivity index (χ2v) is 8.54. The van der Waals surface area contributed by atoms with Gasteiger partial charge in [-0.05, 0) is 61.9 Å². The van der Waals surface area contributed by atoms with Gasteiger partial charge in [0.2, 0.25) is 11.8 Å². The molecule has 2 aliphatic heterocycles. The minimum atomic E-state index is 0.000417. The number of carbonyl (C=O) groups is 2. The first-order valence-electron chi connectivity index (χ1n) is 11.7. The molecule has 1 atom stereocenters. The van der Waals surface area contributed by atoms with E-state index in [-0.39, 0.29) is 23.8 Å². The predicted octanol–water partition coefficient (Wildman–Crippen LogP) is 4.70. The van der Waals surface area contributed by atoms with Crippen molar-refractivity contribution in [1.82, 2.24) is 9.80 Å². The van der Waals surface area contributed by atoms with Crippen molar-refractivity contribution in [3.05, 3.63) is 71.8 Å². The molecule has 0 aromatic heterocycles. The molecule has 1 unspecified atom stereocenters. The van der Waals surface area contributed by atoms with E-state index in [1.165, 1.54) is 5.56 Å². The number of rotatable bonds is 6. The van der Waals surface area contributed by atoms with Crippen LogP contribution in [0.25, 0.3) is 6.08 Å². The van der Waals surface area contributed by atoms with Gasteiger partial charge < -0.3 is 14.5 Å². The lowest BCUT2D eigenvalue weighted by Crippen LogP contribution is -2.43. The Bertz CT molecular complexity index is 931. The highest BCUT2D eigenvalue weighted by Crippen LogP contribution is 2.35. The summed E-state index contributed by atoms with van der Waals surface area (Å²) in [6, 6.07) is 18.1. The highest BCUT2D eigenvalue weighted by atomic mass is 16.5. The van der Waals surface area contributed by atoms with Crippen LogP contribution in [0.4, 0.5) is 0 Å². The fourth-order valence-electron chi connectivity index (χ4n) is 4.75. The van der Waals surface area contributed by atoms with Crippen molar-refractivity contribution >= 4 is 17.9 Å². The number of ether oxygens (including phenoxy) is 1. The van der Waals surface area contributed by atoms with E-state index < -0.39 is 0 Å². The third-order valence-corrected chi connectivity index (χ3v) is 6.49. The van der Waals surface area contributed by atoms with Crippen LogP contribution in [0.2, 0.25) is 0 Å². The summed E-state index contributed by atoms with van der Waals surface area (Å²) < 4.78 is 5.55. The van der Waals surface area contributed by atoms with Crippen LogP contribution in [-0.4, -0.2) is 47.9 Å². The van der Waals surface area contributed by atoms with E-state index >= 15 is 0 Å². The Morgan fingerprint density at radius 1 is 0.969 bits per heavy atom. The van der Waals surface area contributed by atoms with E-state index in [0.717, 1.165) is 43.5 Å². The minimum Gasteiger partial charge on any atom is -0.494 e. The molecular weight excluding hydrogens is 400 g/mol. The summed E-state index contributed by atoms with van der Waals surface area (Å²) in [6.45, 7) is 4.71. The normalized spacial score (nSPS) is 19.5. The van der Waals surface area contributed by atoms with Crippen LogP contribution in [0.1, 0.15) is 49.8 Å². The molecule has 2 aliphatic rings. The van der Waals surface area contributed by atoms with Crippen LogP contribution >= 0.6 is 0 Å². The Labute approximate surface area is 190 Å². The summed E-state index contributed by atoms with van der Waals surface area (Å²) in [6.07, 6.45) is 6.99. The van der Waals surface area contributed by atoms with Crippen molar-refractivity contribution < 1.29 is 14.3 Å². The van der Waals surface area contributed by atoms with Gasteiger partial charge in [-0.25, -0.2) is 0 Å². The zero-order chi connectivity index (χ0) is 22.3. The molecule has 0 radical (unpaired) electrons. The van der Waals surface area contributed by atoms with Crippen LogP contribution in [0, 0.1) is 5.92 Å². The highest BCUT2D eigenvalue weighted by Gasteiger charge is 2.35. The Kier molecular flexibility index (Phi) is 7.25. The number of hydrogen-bond donors (Lipinski definition) is 0. The summed E-state index contributed by atoms with van der Waals surface area (Å²) in [5.74, 6) is 1.13. The Balaban J connectivity index is 1.32. The number of amides is 2. The molecule has 168 valence electrons. The van der Waals surface area contributed by atoms with Crippen molar-refractivity contribution in [2.45, 2.75) is 38.6 Å². The maximum absolute atomic E-state index is 13.3. The van der Waals surface area contributed by atoms with Gasteiger partial charge in [-0.15, -0.1) is 0 Å². The monoisotopic (exact) mass is 432 g/mol. The Morgan fingerprint density at radius 3 is 2.38 bits per heavy atom. The van der Waals surface area contributed by atoms with E-state index in [1.54, 1.807) is 6.08 Å². The van der Waals surface area contributed by atoms with Crippen LogP contribution < -0.4 is 4.74 Å². The Morgan fingerprint density at radius 2 is 1.69 bits per heavy atom. The lowest BCUT2D eigenvalue weighted by atomic mass is 9.94. The van der Waals surface area contributed by atoms with Gasteiger partial charge in [0, 0.05) is 31.6 Å². The molecule has 0 N–H and O–H groups in total. The minimum absolute atomic E-state index is 0.000417. The standard InChI is InChI=1S/C27H32N2O3/c1-2-32-24-13-11-22(12-14-24)25-9-6-18-29(25)27(31)23-16-19-28(20-17-23)26(30)15-10-21-7-4-3-5-8-21/h3-5,7-8,10-15,23,25H,2,6,9,16-20H2,1H3. The molecule has 2 amide bonds. The summed E-state index contributed by atoms with van der Waals surface area (Å²) in [5, 5.41) is 0. The Hall–Kier alpha value is -3.08. The van der Waals surface area contributed by atoms with Crippen molar-refractivity contribution in [1.29, 1.82) is 0 Å². The van der Waals surface area contributed by atoms with Crippen molar-refractivity contribution in [2.75, 3.05) is 26.2 Å². The molecule has 2 aromatic carbocycles. The maximum Gasteiger partial charge on any atom is 0.246 e. The van der Waals surface area contributed by atoms with Gasteiger partial charge in [0.05, 0.1) is 12.6 Å². The molecule has 2 fully saturated rings. The molecule has 0 saturated carbocycles. The number of hydrogen-bond acceptors (Lipinski definition) is 3. The summed E-state index contributed by atoms with van der Waals surface area (Å²) in [4.78, 5) is 29.8. The van der Waals surface area contributed by atoms with Gasteiger partial charge in [-0.1, -0.05) is 42.5 Å². The van der Waals surface area contributed by atoms with E-state index in [4.69, 9.17) is 4.74 Å². The molecule has 2 aromatic rings. The number of piperidine rings is 1. The van der Waals surface area contributed by atoms with Gasteiger partial charge in [0.25, 0.3) is 0 Å². The quantitative estimate of drug-likeness (QED) is 0.622. The molecule has 32 heavy (non-hydrogen) atoms. The van der Waals surface area contributed by atoms with Gasteiger partial charge in [-0.2, -0.15) is 0 Å². The molecular formula is C27H32N2O3. The average Bonchev–Trinajstić information content (AvgIpc) is 3.33. The summed E-state index contributed by atoms with van der Waals surface area (Å²) in [5.41, 5.74) is 2.19. The molecule has 0 spiro atoms. The van der Waals surface area contributed by atoms with E-state index in [2.05, 4.69) is 17.0 Å². The van der Waals surface area contributed by atoms with Crippen LogP contribution in [0.3, 0.4) is 0 Å². The molecule has 2 saturated heterocycles. The fourth-order valence-corrected chi connectivity index (χ4v) is 4.75. The zero-order valence-corrected chi connectivity index (χ0v) is 18.8. The van der Waals surface area contributed by atoms with Gasteiger partial charge >= 0.3 is 0 Å². The first-order valence-corrected chi connectivity index (χ1v) is 11.7. The molecule has 0 aliphatic carbocycles. The third-order valence-electron chi connectivity index (χ3n) is 6.49. The molecule has 5 nitrogen and oxygen atoms in total.